The van der Waals surface area contributed by atoms with Crippen LogP contribution in [0.4, 0.5) is 0 Å². The van der Waals surface area contributed by atoms with E-state index < -0.39 is 11.9 Å². The zero-order valence-corrected chi connectivity index (χ0v) is 9.01. The van der Waals surface area contributed by atoms with Gasteiger partial charge < -0.3 is 15.9 Å². The summed E-state index contributed by atoms with van der Waals surface area (Å²) >= 11 is 0. The van der Waals surface area contributed by atoms with Crippen molar-refractivity contribution in [3.63, 3.8) is 0 Å². The predicted octanol–water partition coefficient (Wildman–Crippen LogP) is 1.44. The molecule has 0 spiro atoms. The molecule has 0 saturated heterocycles. The van der Waals surface area contributed by atoms with Crippen LogP contribution < -0.4 is 5.73 Å². The third kappa shape index (κ3) is 4.56. The molecular weight excluding hydrogens is 210 g/mol. The van der Waals surface area contributed by atoms with Crippen molar-refractivity contribution in [1.29, 1.82) is 0 Å². The van der Waals surface area contributed by atoms with Crippen LogP contribution in [-0.4, -0.2) is 28.7 Å². The summed E-state index contributed by atoms with van der Waals surface area (Å²) in [4.78, 5) is 20.9. The molecule has 0 aliphatic carbocycles. The van der Waals surface area contributed by atoms with Crippen LogP contribution in [0.5, 0.6) is 0 Å². The highest BCUT2D eigenvalue weighted by Crippen LogP contribution is 2.07. The number of hydrogen-bond acceptors (Lipinski definition) is 3. The van der Waals surface area contributed by atoms with Crippen molar-refractivity contribution < 1.29 is 19.8 Å². The maximum absolute atomic E-state index is 10.5. The van der Waals surface area contributed by atoms with Crippen LogP contribution in [0.2, 0.25) is 0 Å². The van der Waals surface area contributed by atoms with Crippen LogP contribution in [0.15, 0.2) is 24.3 Å². The molecule has 0 saturated carbocycles. The summed E-state index contributed by atoms with van der Waals surface area (Å²) in [5.41, 5.74) is 4.65. The zero-order chi connectivity index (χ0) is 12.6. The number of carbonyl (C=O) groups is 2. The minimum absolute atomic E-state index is 0.190. The summed E-state index contributed by atoms with van der Waals surface area (Å²) in [5.74, 6) is -2.46. The van der Waals surface area contributed by atoms with Gasteiger partial charge in [-0.25, -0.2) is 9.59 Å². The zero-order valence-electron chi connectivity index (χ0n) is 9.01. The van der Waals surface area contributed by atoms with E-state index in [0.29, 0.717) is 0 Å². The lowest BCUT2D eigenvalue weighted by molar-refractivity contribution is 0.0651. The van der Waals surface area contributed by atoms with E-state index in [0.717, 1.165) is 13.0 Å². The highest BCUT2D eigenvalue weighted by atomic mass is 16.4. The molecule has 0 atom stereocenters. The number of carboxylic acid groups (broad SMARTS) is 2. The topological polar surface area (TPSA) is 101 Å². The van der Waals surface area contributed by atoms with Crippen LogP contribution in [0.25, 0.3) is 0 Å². The van der Waals surface area contributed by atoms with Crippen LogP contribution in [-0.2, 0) is 0 Å². The van der Waals surface area contributed by atoms with E-state index in [-0.39, 0.29) is 11.1 Å². The van der Waals surface area contributed by atoms with Crippen molar-refractivity contribution in [1.82, 2.24) is 0 Å². The summed E-state index contributed by atoms with van der Waals surface area (Å²) in [5, 5.41) is 17.1. The van der Waals surface area contributed by atoms with Gasteiger partial charge in [0, 0.05) is 0 Å². The number of nitrogens with two attached hydrogens (primary N) is 1. The van der Waals surface area contributed by atoms with Crippen molar-refractivity contribution in [2.24, 2.45) is 5.73 Å². The maximum Gasteiger partial charge on any atom is 0.336 e. The summed E-state index contributed by atoms with van der Waals surface area (Å²) in [7, 11) is 0. The normalized spacial score (nSPS) is 8.88. The van der Waals surface area contributed by atoms with Gasteiger partial charge >= 0.3 is 11.9 Å². The van der Waals surface area contributed by atoms with E-state index >= 15 is 0 Å². The van der Waals surface area contributed by atoms with E-state index in [1.165, 1.54) is 24.3 Å². The monoisotopic (exact) mass is 225 g/mol. The predicted molar refractivity (Wildman–Crippen MR) is 59.7 cm³/mol. The van der Waals surface area contributed by atoms with Crippen molar-refractivity contribution in [3.8, 4) is 0 Å². The molecule has 1 aromatic rings. The lowest BCUT2D eigenvalue weighted by Crippen LogP contribution is -2.06. The third-order valence-electron chi connectivity index (χ3n) is 1.68. The second-order valence-corrected chi connectivity index (χ2v) is 2.94. The average molecular weight is 225 g/mol. The molecule has 0 amide bonds. The maximum atomic E-state index is 10.5. The Kier molecular flexibility index (Phi) is 6.55. The van der Waals surface area contributed by atoms with Crippen molar-refractivity contribution in [2.45, 2.75) is 13.3 Å². The molecule has 0 aromatic heterocycles. The molecule has 0 aliphatic heterocycles. The van der Waals surface area contributed by atoms with E-state index in [9.17, 15) is 9.59 Å². The minimum atomic E-state index is -1.23. The van der Waals surface area contributed by atoms with Gasteiger partial charge in [0.25, 0.3) is 0 Å². The van der Waals surface area contributed by atoms with Gasteiger partial charge in [-0.2, -0.15) is 0 Å². The summed E-state index contributed by atoms with van der Waals surface area (Å²) in [6.07, 6.45) is 1.10. The fraction of sp³-hybridized carbons (Fsp3) is 0.273. The van der Waals surface area contributed by atoms with E-state index in [1.807, 2.05) is 0 Å². The Bertz CT molecular complexity index is 328. The van der Waals surface area contributed by atoms with Crippen LogP contribution in [0, 0.1) is 0 Å². The second-order valence-electron chi connectivity index (χ2n) is 2.94. The SMILES string of the molecule is CCCN.O=C(O)c1ccccc1C(=O)O. The van der Waals surface area contributed by atoms with Gasteiger partial charge in [0.15, 0.2) is 0 Å². The number of rotatable bonds is 3. The molecule has 4 N–H and O–H groups in total. The molecular formula is C11H15NO4. The highest BCUT2D eigenvalue weighted by molar-refractivity contribution is 6.01. The molecule has 1 aromatic carbocycles. The number of aromatic carboxylic acids is 2. The van der Waals surface area contributed by atoms with Gasteiger partial charge in [-0.3, -0.25) is 0 Å². The van der Waals surface area contributed by atoms with Crippen LogP contribution >= 0.6 is 0 Å². The van der Waals surface area contributed by atoms with Crippen molar-refractivity contribution >= 4 is 11.9 Å². The first-order valence-corrected chi connectivity index (χ1v) is 4.80. The summed E-state index contributed by atoms with van der Waals surface area (Å²) in [6, 6.07) is 5.48. The molecule has 88 valence electrons. The van der Waals surface area contributed by atoms with Gasteiger partial charge in [-0.15, -0.1) is 0 Å². The molecule has 5 nitrogen and oxygen atoms in total. The first-order valence-electron chi connectivity index (χ1n) is 4.80. The minimum Gasteiger partial charge on any atom is -0.478 e. The standard InChI is InChI=1S/C8H6O4.C3H9N/c9-7(10)5-3-1-2-4-6(5)8(11)12;1-2-3-4/h1-4H,(H,9,10)(H,11,12);2-4H2,1H3. The van der Waals surface area contributed by atoms with Crippen molar-refractivity contribution in [3.05, 3.63) is 35.4 Å². The Hall–Kier alpha value is -1.88. The highest BCUT2D eigenvalue weighted by Gasteiger charge is 2.13. The Morgan fingerprint density at radius 1 is 1.12 bits per heavy atom. The molecule has 0 unspecified atom stereocenters. The van der Waals surface area contributed by atoms with Gasteiger partial charge in [-0.05, 0) is 25.1 Å². The lowest BCUT2D eigenvalue weighted by Gasteiger charge is -1.98. The average Bonchev–Trinajstić information content (AvgIpc) is 2.29. The Morgan fingerprint density at radius 2 is 1.44 bits per heavy atom. The van der Waals surface area contributed by atoms with Gasteiger partial charge in [0.05, 0.1) is 11.1 Å². The lowest BCUT2D eigenvalue weighted by atomic mass is 10.1. The quantitative estimate of drug-likeness (QED) is 0.722. The number of benzene rings is 1. The third-order valence-corrected chi connectivity index (χ3v) is 1.68. The summed E-state index contributed by atoms with van der Waals surface area (Å²) < 4.78 is 0. The van der Waals surface area contributed by atoms with Crippen molar-refractivity contribution in [2.75, 3.05) is 6.54 Å². The smallest absolute Gasteiger partial charge is 0.336 e. The first-order chi connectivity index (χ1) is 7.54. The Morgan fingerprint density at radius 3 is 1.62 bits per heavy atom. The Labute approximate surface area is 93.5 Å². The van der Waals surface area contributed by atoms with Gasteiger partial charge in [-0.1, -0.05) is 19.1 Å². The number of carboxylic acids is 2. The van der Waals surface area contributed by atoms with E-state index in [4.69, 9.17) is 15.9 Å². The van der Waals surface area contributed by atoms with Gasteiger partial charge in [0.2, 0.25) is 0 Å². The summed E-state index contributed by atoms with van der Waals surface area (Å²) in [6.45, 7) is 2.88. The molecule has 0 bridgehead atoms. The first kappa shape index (κ1) is 14.1. The van der Waals surface area contributed by atoms with Gasteiger partial charge in [0.1, 0.15) is 0 Å². The fourth-order valence-electron chi connectivity index (χ4n) is 0.856. The Balaban J connectivity index is 0.000000487. The molecule has 0 fully saturated rings. The van der Waals surface area contributed by atoms with E-state index in [2.05, 4.69) is 6.92 Å². The largest absolute Gasteiger partial charge is 0.478 e. The molecule has 0 aliphatic rings. The van der Waals surface area contributed by atoms with Crippen LogP contribution in [0.1, 0.15) is 34.1 Å². The van der Waals surface area contributed by atoms with E-state index in [1.54, 1.807) is 0 Å². The van der Waals surface area contributed by atoms with Crippen LogP contribution in [0.3, 0.4) is 0 Å². The number of hydrogen-bond donors (Lipinski definition) is 3. The molecule has 0 heterocycles. The molecule has 1 rings (SSSR count). The molecule has 0 radical (unpaired) electrons. The second kappa shape index (κ2) is 7.42. The fourth-order valence-corrected chi connectivity index (χ4v) is 0.856. The molecule has 16 heavy (non-hydrogen) atoms. The molecule has 5 heteroatoms.